The zero-order valence-corrected chi connectivity index (χ0v) is 8.37. The van der Waals surface area contributed by atoms with Crippen LogP contribution in [0.3, 0.4) is 0 Å². The Bertz CT molecular complexity index is 299. The first-order valence-corrected chi connectivity index (χ1v) is 4.76. The lowest BCUT2D eigenvalue weighted by Gasteiger charge is -2.06. The number of nitrogen functional groups attached to an aromatic ring is 1. The van der Waals surface area contributed by atoms with E-state index in [1.807, 2.05) is 0 Å². The summed E-state index contributed by atoms with van der Waals surface area (Å²) in [7, 11) is 0. The summed E-state index contributed by atoms with van der Waals surface area (Å²) in [6.07, 6.45) is 2.86. The van der Waals surface area contributed by atoms with Crippen molar-refractivity contribution in [1.82, 2.24) is 0 Å². The average molecular weight is 202 g/mol. The molecule has 0 bridgehead atoms. The van der Waals surface area contributed by atoms with Gasteiger partial charge in [-0.15, -0.1) is 0 Å². The van der Waals surface area contributed by atoms with Crippen molar-refractivity contribution >= 4 is 17.3 Å². The lowest BCUT2D eigenvalue weighted by atomic mass is 10.1. The van der Waals surface area contributed by atoms with Crippen molar-refractivity contribution in [3.05, 3.63) is 28.5 Å². The summed E-state index contributed by atoms with van der Waals surface area (Å²) in [4.78, 5) is 0. The molecule has 0 amide bonds. The van der Waals surface area contributed by atoms with Crippen LogP contribution in [0.5, 0.6) is 0 Å². The Hall–Kier alpha value is -0.760. The Morgan fingerprint density at radius 1 is 1.46 bits per heavy atom. The maximum atomic E-state index is 12.9. The summed E-state index contributed by atoms with van der Waals surface area (Å²) in [5.41, 5.74) is 7.02. The van der Waals surface area contributed by atoms with Crippen molar-refractivity contribution in [2.45, 2.75) is 26.2 Å². The largest absolute Gasteiger partial charge is 0.397 e. The molecule has 0 aromatic heterocycles. The second-order valence-electron chi connectivity index (χ2n) is 3.06. The highest BCUT2D eigenvalue weighted by Crippen LogP contribution is 2.25. The Balaban J connectivity index is 2.92. The highest BCUT2D eigenvalue weighted by Gasteiger charge is 2.05. The molecular weight excluding hydrogens is 189 g/mol. The summed E-state index contributed by atoms with van der Waals surface area (Å²) in [6, 6.07) is 2.70. The fourth-order valence-corrected chi connectivity index (χ4v) is 1.44. The molecule has 13 heavy (non-hydrogen) atoms. The van der Waals surface area contributed by atoms with Gasteiger partial charge in [0.05, 0.1) is 10.7 Å². The number of unbranched alkanes of at least 4 members (excludes halogenated alkanes) is 1. The van der Waals surface area contributed by atoms with Gasteiger partial charge in [0, 0.05) is 0 Å². The van der Waals surface area contributed by atoms with Crippen LogP contribution in [0.1, 0.15) is 25.3 Å². The predicted octanol–water partition coefficient (Wildman–Crippen LogP) is 3.40. The van der Waals surface area contributed by atoms with Gasteiger partial charge >= 0.3 is 0 Å². The average Bonchev–Trinajstić information content (AvgIpc) is 2.09. The van der Waals surface area contributed by atoms with Gasteiger partial charge in [-0.2, -0.15) is 0 Å². The number of halogens is 2. The molecule has 2 N–H and O–H groups in total. The molecule has 72 valence electrons. The summed E-state index contributed by atoms with van der Waals surface area (Å²) in [5, 5.41) is 0.311. The number of rotatable bonds is 3. The molecule has 1 aromatic rings. The molecule has 0 saturated carbocycles. The van der Waals surface area contributed by atoms with E-state index in [1.54, 1.807) is 0 Å². The van der Waals surface area contributed by atoms with E-state index in [0.717, 1.165) is 24.8 Å². The van der Waals surface area contributed by atoms with E-state index in [-0.39, 0.29) is 5.82 Å². The van der Waals surface area contributed by atoms with Crippen LogP contribution in [0.4, 0.5) is 10.1 Å². The molecule has 0 heterocycles. The molecule has 0 aliphatic rings. The van der Waals surface area contributed by atoms with Gasteiger partial charge in [-0.1, -0.05) is 24.9 Å². The van der Waals surface area contributed by atoms with Crippen molar-refractivity contribution in [3.8, 4) is 0 Å². The van der Waals surface area contributed by atoms with E-state index in [0.29, 0.717) is 10.7 Å². The predicted molar refractivity (Wildman–Crippen MR) is 54.4 cm³/mol. The lowest BCUT2D eigenvalue weighted by molar-refractivity contribution is 0.624. The Morgan fingerprint density at radius 2 is 2.15 bits per heavy atom. The third-order valence-corrected chi connectivity index (χ3v) is 2.29. The minimum Gasteiger partial charge on any atom is -0.397 e. The maximum Gasteiger partial charge on any atom is 0.125 e. The van der Waals surface area contributed by atoms with E-state index in [1.165, 1.54) is 12.1 Å². The SMILES string of the molecule is CCCCc1cc(F)cc(Cl)c1N. The quantitative estimate of drug-likeness (QED) is 0.746. The smallest absolute Gasteiger partial charge is 0.125 e. The van der Waals surface area contributed by atoms with Crippen LogP contribution in [0.2, 0.25) is 5.02 Å². The number of aryl methyl sites for hydroxylation is 1. The zero-order valence-electron chi connectivity index (χ0n) is 7.61. The Morgan fingerprint density at radius 3 is 2.77 bits per heavy atom. The molecule has 1 nitrogen and oxygen atoms in total. The molecule has 0 spiro atoms. The van der Waals surface area contributed by atoms with Gasteiger partial charge in [-0.05, 0) is 30.5 Å². The number of hydrogen-bond acceptors (Lipinski definition) is 1. The minimum absolute atomic E-state index is 0.311. The molecule has 1 aromatic carbocycles. The van der Waals surface area contributed by atoms with Gasteiger partial charge < -0.3 is 5.73 Å². The van der Waals surface area contributed by atoms with Crippen molar-refractivity contribution in [3.63, 3.8) is 0 Å². The van der Waals surface area contributed by atoms with Crippen molar-refractivity contribution in [2.75, 3.05) is 5.73 Å². The van der Waals surface area contributed by atoms with E-state index in [2.05, 4.69) is 6.92 Å². The summed E-state index contributed by atoms with van der Waals surface area (Å²) in [5.74, 6) is -0.315. The molecule has 0 aliphatic heterocycles. The van der Waals surface area contributed by atoms with Gasteiger partial charge in [-0.25, -0.2) is 4.39 Å². The van der Waals surface area contributed by atoms with Crippen molar-refractivity contribution in [2.24, 2.45) is 0 Å². The van der Waals surface area contributed by atoms with E-state index >= 15 is 0 Å². The van der Waals surface area contributed by atoms with E-state index in [9.17, 15) is 4.39 Å². The van der Waals surface area contributed by atoms with Gasteiger partial charge in [0.25, 0.3) is 0 Å². The second kappa shape index (κ2) is 4.47. The number of hydrogen-bond donors (Lipinski definition) is 1. The molecule has 0 saturated heterocycles. The van der Waals surface area contributed by atoms with Gasteiger partial charge in [-0.3, -0.25) is 0 Å². The maximum absolute atomic E-state index is 12.9. The summed E-state index contributed by atoms with van der Waals surface area (Å²) in [6.45, 7) is 2.08. The van der Waals surface area contributed by atoms with Crippen LogP contribution in [0, 0.1) is 5.82 Å². The number of anilines is 1. The van der Waals surface area contributed by atoms with Gasteiger partial charge in [0.1, 0.15) is 5.82 Å². The van der Waals surface area contributed by atoms with Crippen molar-refractivity contribution in [1.29, 1.82) is 0 Å². The van der Waals surface area contributed by atoms with Crippen LogP contribution in [0.15, 0.2) is 12.1 Å². The van der Waals surface area contributed by atoms with Crippen LogP contribution in [-0.2, 0) is 6.42 Å². The van der Waals surface area contributed by atoms with Crippen LogP contribution in [-0.4, -0.2) is 0 Å². The summed E-state index contributed by atoms with van der Waals surface area (Å²) < 4.78 is 12.9. The molecule has 0 radical (unpaired) electrons. The standard InChI is InChI=1S/C10H13ClFN/c1-2-3-4-7-5-8(12)6-9(11)10(7)13/h5-6H,2-4,13H2,1H3. The zero-order chi connectivity index (χ0) is 9.84. The van der Waals surface area contributed by atoms with Crippen LogP contribution in [0.25, 0.3) is 0 Å². The first-order chi connectivity index (χ1) is 6.15. The molecule has 3 heteroatoms. The number of benzene rings is 1. The van der Waals surface area contributed by atoms with Crippen LogP contribution < -0.4 is 5.73 Å². The van der Waals surface area contributed by atoms with Crippen molar-refractivity contribution < 1.29 is 4.39 Å². The minimum atomic E-state index is -0.315. The second-order valence-corrected chi connectivity index (χ2v) is 3.47. The van der Waals surface area contributed by atoms with E-state index < -0.39 is 0 Å². The van der Waals surface area contributed by atoms with Gasteiger partial charge in [0.2, 0.25) is 0 Å². The molecule has 0 aliphatic carbocycles. The highest BCUT2D eigenvalue weighted by atomic mass is 35.5. The third kappa shape index (κ3) is 2.59. The fraction of sp³-hybridized carbons (Fsp3) is 0.400. The topological polar surface area (TPSA) is 26.0 Å². The third-order valence-electron chi connectivity index (χ3n) is 1.98. The first kappa shape index (κ1) is 10.3. The molecule has 0 fully saturated rings. The number of nitrogens with two attached hydrogens (primary N) is 1. The molecule has 0 atom stereocenters. The molecule has 0 unspecified atom stereocenters. The first-order valence-electron chi connectivity index (χ1n) is 4.38. The van der Waals surface area contributed by atoms with E-state index in [4.69, 9.17) is 17.3 Å². The highest BCUT2D eigenvalue weighted by molar-refractivity contribution is 6.33. The molecular formula is C10H13ClFN. The van der Waals surface area contributed by atoms with Crippen LogP contribution >= 0.6 is 11.6 Å². The molecule has 1 rings (SSSR count). The normalized spacial score (nSPS) is 10.4. The van der Waals surface area contributed by atoms with Gasteiger partial charge in [0.15, 0.2) is 0 Å². The monoisotopic (exact) mass is 201 g/mol. The Labute approximate surface area is 82.7 Å². The fourth-order valence-electron chi connectivity index (χ4n) is 1.21. The lowest BCUT2D eigenvalue weighted by Crippen LogP contribution is -1.96. The Kier molecular flexibility index (Phi) is 3.55. The summed E-state index contributed by atoms with van der Waals surface area (Å²) >= 11 is 5.73.